The van der Waals surface area contributed by atoms with Gasteiger partial charge in [-0.3, -0.25) is 9.78 Å². The summed E-state index contributed by atoms with van der Waals surface area (Å²) in [5.41, 5.74) is 0.0903. The van der Waals surface area contributed by atoms with Crippen molar-refractivity contribution in [3.8, 4) is 23.0 Å². The molecule has 4 rings (SSSR count). The highest BCUT2D eigenvalue weighted by Gasteiger charge is 2.35. The number of hydrogen-bond acceptors (Lipinski definition) is 4. The molecule has 0 bridgehead atoms. The number of fused-ring (bicyclic) bond motifs is 1. The minimum atomic E-state index is -4.70. The van der Waals surface area contributed by atoms with Crippen LogP contribution in [-0.2, 0) is 17.4 Å². The molecule has 33 heavy (non-hydrogen) atoms. The van der Waals surface area contributed by atoms with Gasteiger partial charge in [0.2, 0.25) is 0 Å². The molecular formula is C25H18F3NO4. The summed E-state index contributed by atoms with van der Waals surface area (Å²) in [6, 6.07) is 16.5. The van der Waals surface area contributed by atoms with Crippen LogP contribution in [0.4, 0.5) is 13.2 Å². The van der Waals surface area contributed by atoms with Gasteiger partial charge in [0.15, 0.2) is 0 Å². The van der Waals surface area contributed by atoms with E-state index >= 15 is 0 Å². The molecule has 0 aliphatic heterocycles. The maximum absolute atomic E-state index is 13.8. The highest BCUT2D eigenvalue weighted by Crippen LogP contribution is 2.41. The molecule has 168 valence electrons. The van der Waals surface area contributed by atoms with Crippen molar-refractivity contribution in [3.05, 3.63) is 89.7 Å². The molecule has 0 saturated carbocycles. The van der Waals surface area contributed by atoms with Crippen LogP contribution in [0.25, 0.3) is 10.8 Å². The normalized spacial score (nSPS) is 11.4. The van der Waals surface area contributed by atoms with E-state index < -0.39 is 23.5 Å². The van der Waals surface area contributed by atoms with E-state index in [2.05, 4.69) is 4.98 Å². The highest BCUT2D eigenvalue weighted by molar-refractivity contribution is 5.90. The Morgan fingerprint density at radius 3 is 2.42 bits per heavy atom. The predicted octanol–water partition coefficient (Wildman–Crippen LogP) is 6.77. The zero-order valence-corrected chi connectivity index (χ0v) is 17.4. The van der Waals surface area contributed by atoms with Crippen LogP contribution < -0.4 is 9.47 Å². The third-order valence-electron chi connectivity index (χ3n) is 4.91. The number of carboxylic acid groups (broad SMARTS) is 1. The van der Waals surface area contributed by atoms with E-state index in [-0.39, 0.29) is 17.9 Å². The maximum Gasteiger partial charge on any atom is 0.420 e. The molecule has 1 N–H and O–H groups in total. The Bertz CT molecular complexity index is 1330. The molecule has 0 radical (unpaired) electrons. The number of benzene rings is 3. The summed E-state index contributed by atoms with van der Waals surface area (Å²) in [5, 5.41) is 10.5. The van der Waals surface area contributed by atoms with Gasteiger partial charge in [-0.15, -0.1) is 0 Å². The second-order valence-corrected chi connectivity index (χ2v) is 7.33. The van der Waals surface area contributed by atoms with Crippen molar-refractivity contribution >= 4 is 16.7 Å². The molecule has 0 amide bonds. The number of pyridine rings is 1. The molecule has 0 fully saturated rings. The maximum atomic E-state index is 13.8. The molecule has 1 aromatic heterocycles. The van der Waals surface area contributed by atoms with Gasteiger partial charge in [0.1, 0.15) is 28.6 Å². The molecule has 0 aliphatic carbocycles. The van der Waals surface area contributed by atoms with Crippen molar-refractivity contribution in [2.75, 3.05) is 0 Å². The van der Waals surface area contributed by atoms with Crippen LogP contribution in [-0.4, -0.2) is 16.1 Å². The summed E-state index contributed by atoms with van der Waals surface area (Å²) in [6.07, 6.45) is -3.32. The smallest absolute Gasteiger partial charge is 0.420 e. The Labute approximate surface area is 187 Å². The van der Waals surface area contributed by atoms with E-state index in [0.717, 1.165) is 11.5 Å². The molecule has 5 nitrogen and oxygen atoms in total. The Morgan fingerprint density at radius 2 is 1.67 bits per heavy atom. The van der Waals surface area contributed by atoms with Crippen molar-refractivity contribution < 1.29 is 32.5 Å². The largest absolute Gasteiger partial charge is 0.481 e. The Hall–Kier alpha value is -4.07. The molecule has 0 atom stereocenters. The fourth-order valence-electron chi connectivity index (χ4n) is 3.48. The second-order valence-electron chi connectivity index (χ2n) is 7.33. The van der Waals surface area contributed by atoms with E-state index in [0.29, 0.717) is 22.4 Å². The molecule has 0 spiro atoms. The van der Waals surface area contributed by atoms with Gasteiger partial charge in [-0.05, 0) is 60.3 Å². The van der Waals surface area contributed by atoms with Gasteiger partial charge in [-0.25, -0.2) is 0 Å². The van der Waals surface area contributed by atoms with Gasteiger partial charge in [0.25, 0.3) is 0 Å². The van der Waals surface area contributed by atoms with Gasteiger partial charge in [-0.2, -0.15) is 13.2 Å². The number of ether oxygens (including phenoxy) is 2. The number of carboxylic acids is 1. The quantitative estimate of drug-likeness (QED) is 0.349. The topological polar surface area (TPSA) is 68.7 Å². The van der Waals surface area contributed by atoms with E-state index in [1.165, 1.54) is 30.3 Å². The first kappa shape index (κ1) is 22.1. The Morgan fingerprint density at radius 1 is 0.939 bits per heavy atom. The van der Waals surface area contributed by atoms with Crippen LogP contribution in [0, 0.1) is 6.92 Å². The third kappa shape index (κ3) is 5.06. The average Bonchev–Trinajstić information content (AvgIpc) is 2.74. The Kier molecular flexibility index (Phi) is 5.91. The van der Waals surface area contributed by atoms with Crippen molar-refractivity contribution in [1.82, 2.24) is 4.98 Å². The van der Waals surface area contributed by atoms with Crippen molar-refractivity contribution in [2.45, 2.75) is 19.5 Å². The fourth-order valence-corrected chi connectivity index (χ4v) is 3.48. The van der Waals surface area contributed by atoms with Crippen LogP contribution in [0.1, 0.15) is 16.8 Å². The van der Waals surface area contributed by atoms with Crippen molar-refractivity contribution in [2.24, 2.45) is 0 Å². The zero-order valence-electron chi connectivity index (χ0n) is 17.4. The lowest BCUT2D eigenvalue weighted by molar-refractivity contribution is -0.138. The van der Waals surface area contributed by atoms with E-state index in [1.54, 1.807) is 37.4 Å². The lowest BCUT2D eigenvalue weighted by Crippen LogP contribution is -2.07. The molecule has 4 aromatic rings. The van der Waals surface area contributed by atoms with Crippen LogP contribution in [0.2, 0.25) is 0 Å². The molecule has 0 aliphatic rings. The fraction of sp³-hybridized carbons (Fsp3) is 0.120. The number of nitrogens with zero attached hydrogens (tertiary/aromatic N) is 1. The van der Waals surface area contributed by atoms with Gasteiger partial charge in [0.05, 0.1) is 6.42 Å². The van der Waals surface area contributed by atoms with Crippen LogP contribution in [0.15, 0.2) is 72.9 Å². The summed E-state index contributed by atoms with van der Waals surface area (Å²) < 4.78 is 52.7. The molecule has 3 aromatic carbocycles. The summed E-state index contributed by atoms with van der Waals surface area (Å²) in [6.45, 7) is 1.80. The average molecular weight is 453 g/mol. The van der Waals surface area contributed by atoms with Gasteiger partial charge >= 0.3 is 12.1 Å². The van der Waals surface area contributed by atoms with Crippen molar-refractivity contribution in [1.29, 1.82) is 0 Å². The monoisotopic (exact) mass is 453 g/mol. The first-order valence-corrected chi connectivity index (χ1v) is 9.93. The standard InChI is InChI=1S/C25H18F3NO4/c1-15-24-17(10-11-29-15)5-3-7-22(24)33-19-8-9-21(20(14-19)25(26,27)28)32-18-6-2-4-16(12-18)13-23(30)31/h2-12,14H,13H2,1H3,(H,30,31). The predicted molar refractivity (Wildman–Crippen MR) is 116 cm³/mol. The van der Waals surface area contributed by atoms with E-state index in [9.17, 15) is 18.0 Å². The van der Waals surface area contributed by atoms with Crippen LogP contribution >= 0.6 is 0 Å². The number of alkyl halides is 3. The van der Waals surface area contributed by atoms with E-state index in [1.807, 2.05) is 6.07 Å². The molecule has 1 heterocycles. The first-order valence-electron chi connectivity index (χ1n) is 9.93. The number of rotatable bonds is 6. The van der Waals surface area contributed by atoms with Crippen LogP contribution in [0.3, 0.4) is 0 Å². The zero-order chi connectivity index (χ0) is 23.6. The minimum absolute atomic E-state index is 0.00921. The molecule has 0 saturated heterocycles. The number of carbonyl (C=O) groups is 1. The third-order valence-corrected chi connectivity index (χ3v) is 4.91. The number of aryl methyl sites for hydroxylation is 1. The number of hydrogen-bond donors (Lipinski definition) is 1. The van der Waals surface area contributed by atoms with Gasteiger partial charge in [0, 0.05) is 17.3 Å². The molecule has 0 unspecified atom stereocenters. The van der Waals surface area contributed by atoms with Crippen LogP contribution in [0.5, 0.6) is 23.0 Å². The Balaban J connectivity index is 1.68. The number of halogens is 3. The lowest BCUT2D eigenvalue weighted by Gasteiger charge is -2.16. The number of aromatic nitrogens is 1. The summed E-state index contributed by atoms with van der Waals surface area (Å²) in [4.78, 5) is 15.1. The lowest BCUT2D eigenvalue weighted by atomic mass is 10.1. The second kappa shape index (κ2) is 8.82. The minimum Gasteiger partial charge on any atom is -0.481 e. The summed E-state index contributed by atoms with van der Waals surface area (Å²) in [5.74, 6) is -0.989. The van der Waals surface area contributed by atoms with Crippen molar-refractivity contribution in [3.63, 3.8) is 0 Å². The molecular weight excluding hydrogens is 435 g/mol. The SMILES string of the molecule is Cc1nccc2cccc(Oc3ccc(Oc4cccc(CC(=O)O)c4)c(C(F)(F)F)c3)c12. The van der Waals surface area contributed by atoms with Gasteiger partial charge < -0.3 is 14.6 Å². The molecule has 8 heteroatoms. The van der Waals surface area contributed by atoms with Gasteiger partial charge in [-0.1, -0.05) is 24.3 Å². The summed E-state index contributed by atoms with van der Waals surface area (Å²) >= 11 is 0. The summed E-state index contributed by atoms with van der Waals surface area (Å²) in [7, 11) is 0. The van der Waals surface area contributed by atoms with E-state index in [4.69, 9.17) is 14.6 Å². The number of aliphatic carboxylic acids is 1. The first-order chi connectivity index (χ1) is 15.7. The highest BCUT2D eigenvalue weighted by atomic mass is 19.4.